The molecule has 0 unspecified atom stereocenters. The molecule has 0 aromatic carbocycles. The molecule has 0 aliphatic rings. The van der Waals surface area contributed by atoms with Crippen molar-refractivity contribution in [1.29, 1.82) is 0 Å². The third-order valence-corrected chi connectivity index (χ3v) is 7.70. The molecule has 0 spiro atoms. The van der Waals surface area contributed by atoms with E-state index in [4.69, 9.17) is 4.43 Å². The van der Waals surface area contributed by atoms with Crippen molar-refractivity contribution in [2.75, 3.05) is 6.61 Å². The fraction of sp³-hybridized carbons (Fsp3) is 0.917. The van der Waals surface area contributed by atoms with Crippen LogP contribution in [-0.2, 0) is 20.8 Å². The number of halogens is 1. The molecule has 94 valence electrons. The predicted molar refractivity (Wildman–Crippen MR) is 75.9 cm³/mol. The molecule has 0 aromatic heterocycles. The Morgan fingerprint density at radius 1 is 1.12 bits per heavy atom. The molecule has 16 heavy (non-hydrogen) atoms. The van der Waals surface area contributed by atoms with Crippen LogP contribution in [0, 0.1) is 6.92 Å². The summed E-state index contributed by atoms with van der Waals surface area (Å²) >= 11 is 4.25. The Kier molecular flexibility index (Phi) is 12.5. The van der Waals surface area contributed by atoms with Crippen molar-refractivity contribution in [3.05, 3.63) is 6.92 Å². The van der Waals surface area contributed by atoms with Gasteiger partial charge in [-0.2, -0.15) is 6.42 Å². The molecular formula is C12H27BrOSiZn. The number of rotatable bonds is 6. The summed E-state index contributed by atoms with van der Waals surface area (Å²) < 4.78 is 6.06. The van der Waals surface area contributed by atoms with Gasteiger partial charge in [0.15, 0.2) is 8.32 Å². The molecule has 0 radical (unpaired) electrons. The van der Waals surface area contributed by atoms with Gasteiger partial charge in [0, 0.05) is 6.61 Å². The van der Waals surface area contributed by atoms with Gasteiger partial charge >= 0.3 is 30.0 Å². The Hall–Kier alpha value is 1.28. The first-order chi connectivity index (χ1) is 7.31. The maximum absolute atomic E-state index is 6.06. The third kappa shape index (κ3) is 9.32. The Bertz CT molecular complexity index is 158. The van der Waals surface area contributed by atoms with Gasteiger partial charge in [-0.1, -0.05) is 33.6 Å². The van der Waals surface area contributed by atoms with Crippen LogP contribution in [0.2, 0.25) is 18.1 Å². The van der Waals surface area contributed by atoms with Gasteiger partial charge in [0.2, 0.25) is 0 Å². The van der Waals surface area contributed by atoms with Crippen LogP contribution in [0.3, 0.4) is 0 Å². The van der Waals surface area contributed by atoms with Crippen LogP contribution in [0.25, 0.3) is 0 Å². The van der Waals surface area contributed by atoms with Gasteiger partial charge in [-0.25, -0.2) is 0 Å². The van der Waals surface area contributed by atoms with Crippen LogP contribution >= 0.6 is 13.6 Å². The van der Waals surface area contributed by atoms with E-state index in [0.717, 1.165) is 13.0 Å². The Morgan fingerprint density at radius 2 is 1.62 bits per heavy atom. The maximum atomic E-state index is 6.06. The average molecular weight is 361 g/mol. The van der Waals surface area contributed by atoms with Crippen LogP contribution in [0.5, 0.6) is 0 Å². The molecule has 0 aliphatic heterocycles. The molecule has 0 aromatic rings. The second-order valence-electron chi connectivity index (χ2n) is 5.52. The second-order valence-corrected chi connectivity index (χ2v) is 10.3. The first-order valence-corrected chi connectivity index (χ1v) is 15.9. The van der Waals surface area contributed by atoms with E-state index in [2.05, 4.69) is 54.4 Å². The molecular weight excluding hydrogens is 334 g/mol. The van der Waals surface area contributed by atoms with E-state index >= 15 is 0 Å². The zero-order valence-corrected chi connectivity index (χ0v) is 17.3. The third-order valence-electron chi connectivity index (χ3n) is 3.16. The zero-order chi connectivity index (χ0) is 13.2. The first-order valence-electron chi connectivity index (χ1n) is 6.01. The van der Waals surface area contributed by atoms with Gasteiger partial charge in [-0.05, 0) is 24.6 Å². The molecule has 0 aliphatic carbocycles. The summed E-state index contributed by atoms with van der Waals surface area (Å²) in [6.07, 6.45) is 4.75. The Morgan fingerprint density at radius 3 is 2.00 bits per heavy atom. The van der Waals surface area contributed by atoms with Crippen molar-refractivity contribution in [3.8, 4) is 0 Å². The molecule has 0 rings (SSSR count). The molecule has 0 saturated carbocycles. The Balaban J connectivity index is 0. The fourth-order valence-electron chi connectivity index (χ4n) is 0.999. The summed E-state index contributed by atoms with van der Waals surface area (Å²) in [4.78, 5) is 0. The van der Waals surface area contributed by atoms with E-state index in [1.807, 2.05) is 0 Å². The van der Waals surface area contributed by atoms with Gasteiger partial charge < -0.3 is 11.3 Å². The van der Waals surface area contributed by atoms with Crippen LogP contribution in [0.15, 0.2) is 0 Å². The summed E-state index contributed by atoms with van der Waals surface area (Å²) in [6.45, 7) is 16.3. The minimum atomic E-state index is -1.48. The molecule has 0 N–H and O–H groups in total. The predicted octanol–water partition coefficient (Wildman–Crippen LogP) is 5.25. The molecule has 0 amide bonds. The van der Waals surface area contributed by atoms with Crippen LogP contribution < -0.4 is 0 Å². The van der Waals surface area contributed by atoms with Crippen molar-refractivity contribution in [2.45, 2.75) is 64.6 Å². The van der Waals surface area contributed by atoms with Crippen molar-refractivity contribution in [1.82, 2.24) is 0 Å². The molecule has 0 fully saturated rings. The Labute approximate surface area is 120 Å². The van der Waals surface area contributed by atoms with Crippen LogP contribution in [-0.4, -0.2) is 14.9 Å². The minimum absolute atomic E-state index is 0.347. The second kappa shape index (κ2) is 10.2. The SMILES string of the molecule is [CH2-]CCCCCO[Si](C)(C)C(C)(C)C.[Zn+][Br]. The van der Waals surface area contributed by atoms with Gasteiger partial charge in [0.25, 0.3) is 0 Å². The molecule has 0 heterocycles. The molecule has 1 nitrogen and oxygen atoms in total. The summed E-state index contributed by atoms with van der Waals surface area (Å²) in [5.74, 6) is 0. The van der Waals surface area contributed by atoms with E-state index in [0.29, 0.717) is 5.04 Å². The molecule has 0 atom stereocenters. The van der Waals surface area contributed by atoms with Crippen molar-refractivity contribution < 1.29 is 20.8 Å². The van der Waals surface area contributed by atoms with Crippen molar-refractivity contribution in [2.24, 2.45) is 0 Å². The van der Waals surface area contributed by atoms with Crippen LogP contribution in [0.1, 0.15) is 46.5 Å². The topological polar surface area (TPSA) is 9.23 Å². The van der Waals surface area contributed by atoms with Crippen molar-refractivity contribution >= 4 is 21.9 Å². The van der Waals surface area contributed by atoms with Gasteiger partial charge in [-0.15, -0.1) is 0 Å². The summed E-state index contributed by atoms with van der Waals surface area (Å²) in [5.41, 5.74) is 0. The van der Waals surface area contributed by atoms with Gasteiger partial charge in [-0.3, -0.25) is 0 Å². The summed E-state index contributed by atoms with van der Waals surface area (Å²) in [6, 6.07) is 0. The quantitative estimate of drug-likeness (QED) is 0.357. The van der Waals surface area contributed by atoms with E-state index in [9.17, 15) is 0 Å². The van der Waals surface area contributed by atoms with E-state index in [-0.39, 0.29) is 0 Å². The monoisotopic (exact) mass is 358 g/mol. The van der Waals surface area contributed by atoms with E-state index < -0.39 is 8.32 Å². The molecule has 0 bridgehead atoms. The number of hydrogen-bond acceptors (Lipinski definition) is 1. The number of hydrogen-bond donors (Lipinski definition) is 0. The first kappa shape index (κ1) is 19.6. The molecule has 4 heteroatoms. The fourth-order valence-corrected chi connectivity index (χ4v) is 2.09. The summed E-state index contributed by atoms with van der Waals surface area (Å²) in [5, 5.41) is 0.347. The number of unbranched alkanes of at least 4 members (excludes halogenated alkanes) is 3. The van der Waals surface area contributed by atoms with E-state index in [1.165, 1.54) is 35.6 Å². The van der Waals surface area contributed by atoms with E-state index in [1.54, 1.807) is 0 Å². The zero-order valence-electron chi connectivity index (χ0n) is 11.7. The van der Waals surface area contributed by atoms with Gasteiger partial charge in [0.1, 0.15) is 0 Å². The van der Waals surface area contributed by atoms with Gasteiger partial charge in [0.05, 0.1) is 0 Å². The normalized spacial score (nSPS) is 12.1. The standard InChI is InChI=1S/C12H27OSi.BrH.Zn/c1-7-8-9-10-11-13-14(5,6)12(2,3)4;;/h1,7-11H2,2-6H3;1H;/q-1;;+2/p-1. The average Bonchev–Trinajstić information content (AvgIpc) is 2.19. The summed E-state index contributed by atoms with van der Waals surface area (Å²) in [7, 11) is -1.48. The van der Waals surface area contributed by atoms with Crippen molar-refractivity contribution in [3.63, 3.8) is 0 Å². The van der Waals surface area contributed by atoms with Crippen LogP contribution in [0.4, 0.5) is 0 Å². The molecule has 0 saturated heterocycles.